The minimum atomic E-state index is -0.337. The summed E-state index contributed by atoms with van der Waals surface area (Å²) in [5.41, 5.74) is 3.75. The number of hydrazine groups is 1. The van der Waals surface area contributed by atoms with Gasteiger partial charge >= 0.3 is 6.03 Å². The van der Waals surface area contributed by atoms with Gasteiger partial charge in [-0.15, -0.1) is 0 Å². The molecule has 0 saturated heterocycles. The van der Waals surface area contributed by atoms with Crippen LogP contribution in [0, 0.1) is 11.3 Å². The maximum atomic E-state index is 12.2. The number of nitrogens with one attached hydrogen (secondary N) is 3. The number of urea groups is 1. The molecule has 0 aliphatic rings. The van der Waals surface area contributed by atoms with E-state index in [2.05, 4.69) is 16.1 Å². The lowest BCUT2D eigenvalue weighted by Gasteiger charge is -2.26. The van der Waals surface area contributed by atoms with Crippen LogP contribution in [-0.2, 0) is 4.79 Å². The fourth-order valence-electron chi connectivity index (χ4n) is 1.68. The van der Waals surface area contributed by atoms with Crippen LogP contribution in [0.1, 0.15) is 27.7 Å². The van der Waals surface area contributed by atoms with Gasteiger partial charge in [-0.1, -0.05) is 33.8 Å². The van der Waals surface area contributed by atoms with Gasteiger partial charge in [0.25, 0.3) is 0 Å². The van der Waals surface area contributed by atoms with Crippen molar-refractivity contribution in [2.24, 2.45) is 11.3 Å². The van der Waals surface area contributed by atoms with E-state index in [0.29, 0.717) is 11.4 Å². The van der Waals surface area contributed by atoms with Crippen molar-refractivity contribution < 1.29 is 9.59 Å². The van der Waals surface area contributed by atoms with E-state index < -0.39 is 0 Å². The van der Waals surface area contributed by atoms with E-state index in [0.717, 1.165) is 0 Å². The van der Waals surface area contributed by atoms with Crippen molar-refractivity contribution >= 4 is 23.3 Å². The van der Waals surface area contributed by atoms with Crippen LogP contribution in [0.15, 0.2) is 24.3 Å². The highest BCUT2D eigenvalue weighted by Gasteiger charge is 2.26. The fraction of sp³-hybridized carbons (Fsp3) is 0.500. The first kappa shape index (κ1) is 18.0. The Labute approximate surface area is 132 Å². The molecule has 0 bridgehead atoms. The van der Waals surface area contributed by atoms with Crippen molar-refractivity contribution in [2.75, 3.05) is 24.7 Å². The van der Waals surface area contributed by atoms with Crippen LogP contribution in [0.4, 0.5) is 16.2 Å². The normalized spacial score (nSPS) is 12.7. The average Bonchev–Trinajstić information content (AvgIpc) is 2.35. The summed E-state index contributed by atoms with van der Waals surface area (Å²) in [6, 6.07) is 6.72. The number of nitrogens with zero attached hydrogens (tertiary/aromatic N) is 1. The van der Waals surface area contributed by atoms with Gasteiger partial charge in [0.2, 0.25) is 5.91 Å². The van der Waals surface area contributed by atoms with Crippen molar-refractivity contribution in [1.29, 1.82) is 0 Å². The van der Waals surface area contributed by atoms with Gasteiger partial charge in [-0.25, -0.2) is 9.80 Å². The van der Waals surface area contributed by atoms with Gasteiger partial charge in [0, 0.05) is 31.4 Å². The Kier molecular flexibility index (Phi) is 5.93. The minimum absolute atomic E-state index is 0.0395. The van der Waals surface area contributed by atoms with E-state index in [-0.39, 0.29) is 23.3 Å². The first-order valence-electron chi connectivity index (χ1n) is 7.25. The number of hydrogen-bond donors (Lipinski definition) is 3. The second-order valence-electron chi connectivity index (χ2n) is 6.62. The monoisotopic (exact) mass is 306 g/mol. The number of carbonyl (C=O) groups is 2. The summed E-state index contributed by atoms with van der Waals surface area (Å²) in [5.74, 6) is -0.163. The first-order chi connectivity index (χ1) is 10.1. The van der Waals surface area contributed by atoms with Crippen LogP contribution in [0.5, 0.6) is 0 Å². The van der Waals surface area contributed by atoms with Gasteiger partial charge in [-0.2, -0.15) is 0 Å². The zero-order valence-electron chi connectivity index (χ0n) is 14.2. The Morgan fingerprint density at radius 3 is 2.14 bits per heavy atom. The molecular formula is C16H26N4O2. The number of benzene rings is 1. The highest BCUT2D eigenvalue weighted by molar-refractivity contribution is 5.94. The Hall–Kier alpha value is -2.08. The molecule has 0 aliphatic carbocycles. The van der Waals surface area contributed by atoms with Crippen molar-refractivity contribution in [3.63, 3.8) is 0 Å². The van der Waals surface area contributed by atoms with E-state index in [1.54, 1.807) is 43.4 Å². The summed E-state index contributed by atoms with van der Waals surface area (Å²) in [4.78, 5) is 23.9. The molecule has 0 spiro atoms. The van der Waals surface area contributed by atoms with E-state index >= 15 is 0 Å². The minimum Gasteiger partial charge on any atom is -0.326 e. The maximum absolute atomic E-state index is 12.2. The summed E-state index contributed by atoms with van der Waals surface area (Å²) in [7, 11) is 3.45. The molecule has 1 aromatic carbocycles. The molecular weight excluding hydrogens is 280 g/mol. The summed E-state index contributed by atoms with van der Waals surface area (Å²) < 4.78 is 0. The predicted octanol–water partition coefficient (Wildman–Crippen LogP) is 2.91. The molecule has 0 saturated carbocycles. The predicted molar refractivity (Wildman–Crippen MR) is 89.5 cm³/mol. The van der Waals surface area contributed by atoms with E-state index in [9.17, 15) is 9.59 Å². The number of hydrogen-bond acceptors (Lipinski definition) is 3. The van der Waals surface area contributed by atoms with Gasteiger partial charge in [-0.3, -0.25) is 10.2 Å². The van der Waals surface area contributed by atoms with Crippen LogP contribution in [-0.4, -0.2) is 31.0 Å². The summed E-state index contributed by atoms with van der Waals surface area (Å²) >= 11 is 0. The second kappa shape index (κ2) is 7.26. The molecule has 0 radical (unpaired) electrons. The van der Waals surface area contributed by atoms with Gasteiger partial charge in [-0.05, 0) is 23.6 Å². The van der Waals surface area contributed by atoms with Gasteiger partial charge in [0.15, 0.2) is 0 Å². The lowest BCUT2D eigenvalue weighted by molar-refractivity contribution is -0.122. The van der Waals surface area contributed by atoms with Crippen LogP contribution in [0.3, 0.4) is 0 Å². The number of rotatable bonds is 4. The maximum Gasteiger partial charge on any atom is 0.333 e. The fourth-order valence-corrected chi connectivity index (χ4v) is 1.68. The molecule has 0 fully saturated rings. The molecule has 1 atom stereocenters. The lowest BCUT2D eigenvalue weighted by atomic mass is 9.81. The Bertz CT molecular complexity index is 535. The molecule has 0 heterocycles. The van der Waals surface area contributed by atoms with Gasteiger partial charge < -0.3 is 10.6 Å². The largest absolute Gasteiger partial charge is 0.333 e. The van der Waals surface area contributed by atoms with Crippen LogP contribution in [0.2, 0.25) is 0 Å². The standard InChI is InChI=1S/C16H26N4O2/c1-11(16(2,3)4)14(21)17-12-8-7-9-13(10-12)18-15(22)19-20(5)6/h7-11H,1-6H3,(H,17,21)(H2,18,19,22). The SMILES string of the molecule is CC(C(=O)Nc1cccc(NC(=O)NN(C)C)c1)C(C)(C)C. The highest BCUT2D eigenvalue weighted by Crippen LogP contribution is 2.26. The molecule has 0 aliphatic heterocycles. The molecule has 3 N–H and O–H groups in total. The molecule has 3 amide bonds. The Balaban J connectivity index is 2.72. The molecule has 1 unspecified atom stereocenters. The third-order valence-electron chi connectivity index (χ3n) is 3.41. The third-order valence-corrected chi connectivity index (χ3v) is 3.41. The van der Waals surface area contributed by atoms with Crippen LogP contribution in [0.25, 0.3) is 0 Å². The summed E-state index contributed by atoms with van der Waals surface area (Å²) in [5, 5.41) is 7.13. The molecule has 0 aromatic heterocycles. The molecule has 6 heteroatoms. The van der Waals surface area contributed by atoms with Crippen LogP contribution < -0.4 is 16.1 Å². The van der Waals surface area contributed by atoms with Gasteiger partial charge in [0.1, 0.15) is 0 Å². The topological polar surface area (TPSA) is 73.5 Å². The van der Waals surface area contributed by atoms with Crippen molar-refractivity contribution in [3.8, 4) is 0 Å². The van der Waals surface area contributed by atoms with E-state index in [1.165, 1.54) is 0 Å². The molecule has 22 heavy (non-hydrogen) atoms. The number of anilines is 2. The third kappa shape index (κ3) is 5.73. The van der Waals surface area contributed by atoms with Crippen molar-refractivity contribution in [2.45, 2.75) is 27.7 Å². The Morgan fingerprint density at radius 1 is 1.09 bits per heavy atom. The summed E-state index contributed by atoms with van der Waals surface area (Å²) in [6.45, 7) is 7.99. The van der Waals surface area contributed by atoms with Crippen molar-refractivity contribution in [1.82, 2.24) is 10.4 Å². The van der Waals surface area contributed by atoms with E-state index in [1.807, 2.05) is 27.7 Å². The number of amides is 3. The average molecular weight is 306 g/mol. The quantitative estimate of drug-likeness (QED) is 0.749. The smallest absolute Gasteiger partial charge is 0.326 e. The lowest BCUT2D eigenvalue weighted by Crippen LogP contribution is -2.39. The summed E-state index contributed by atoms with van der Waals surface area (Å²) in [6.07, 6.45) is 0. The molecule has 1 aromatic rings. The Morgan fingerprint density at radius 2 is 1.64 bits per heavy atom. The zero-order valence-corrected chi connectivity index (χ0v) is 14.2. The highest BCUT2D eigenvalue weighted by atomic mass is 16.2. The van der Waals surface area contributed by atoms with E-state index in [4.69, 9.17) is 0 Å². The number of carbonyl (C=O) groups excluding carboxylic acids is 2. The van der Waals surface area contributed by atoms with Crippen molar-refractivity contribution in [3.05, 3.63) is 24.3 Å². The van der Waals surface area contributed by atoms with Crippen LogP contribution >= 0.6 is 0 Å². The first-order valence-corrected chi connectivity index (χ1v) is 7.25. The molecule has 6 nitrogen and oxygen atoms in total. The molecule has 1 rings (SSSR count). The second-order valence-corrected chi connectivity index (χ2v) is 6.62. The molecule has 122 valence electrons. The zero-order chi connectivity index (χ0) is 16.9. The van der Waals surface area contributed by atoms with Gasteiger partial charge in [0.05, 0.1) is 0 Å².